The van der Waals surface area contributed by atoms with Crippen LogP contribution in [0, 0.1) is 33.8 Å². The molecular formula is C42H50Cl2Zr. The van der Waals surface area contributed by atoms with Crippen LogP contribution in [0.3, 0.4) is 0 Å². The largest absolute Gasteiger partial charge is 4.00 e. The second-order valence-corrected chi connectivity index (χ2v) is 12.6. The van der Waals surface area contributed by atoms with Crippen molar-refractivity contribution in [2.45, 2.75) is 112 Å². The molecule has 0 nitrogen and oxygen atoms in total. The normalized spacial score (nSPS) is 11.1. The Morgan fingerprint density at radius 2 is 1.29 bits per heavy atom. The van der Waals surface area contributed by atoms with Crippen LogP contribution < -0.4 is 24.8 Å². The van der Waals surface area contributed by atoms with Crippen molar-refractivity contribution in [2.75, 3.05) is 0 Å². The number of halogens is 2. The topological polar surface area (TPSA) is 0 Å². The summed E-state index contributed by atoms with van der Waals surface area (Å²) in [6.45, 7) is 11.6. The van der Waals surface area contributed by atoms with Crippen molar-refractivity contribution in [1.29, 1.82) is 0 Å². The fourth-order valence-electron chi connectivity index (χ4n) is 7.03. The van der Waals surface area contributed by atoms with E-state index in [1.807, 2.05) is 30.3 Å². The Hall–Kier alpha value is -1.79. The van der Waals surface area contributed by atoms with E-state index in [1.165, 1.54) is 136 Å². The van der Waals surface area contributed by atoms with Crippen LogP contribution in [0.1, 0.15) is 110 Å². The van der Waals surface area contributed by atoms with Gasteiger partial charge < -0.3 is 24.8 Å². The maximum atomic E-state index is 4.04. The van der Waals surface area contributed by atoms with Gasteiger partial charge in [-0.25, -0.2) is 12.1 Å². The van der Waals surface area contributed by atoms with Gasteiger partial charge in [0.1, 0.15) is 0 Å². The summed E-state index contributed by atoms with van der Waals surface area (Å²) >= 11 is 0. The molecule has 0 amide bonds. The molecule has 1 aliphatic rings. The fraction of sp³-hybridized carbons (Fsp3) is 0.405. The first kappa shape index (κ1) is 39.4. The van der Waals surface area contributed by atoms with Crippen LogP contribution in [0.25, 0.3) is 32.7 Å². The number of rotatable bonds is 11. The van der Waals surface area contributed by atoms with E-state index in [0.717, 1.165) is 12.8 Å². The molecule has 0 radical (unpaired) electrons. The molecule has 0 aromatic heterocycles. The smallest absolute Gasteiger partial charge is 1.00 e. The van der Waals surface area contributed by atoms with Crippen molar-refractivity contribution < 1.29 is 51.0 Å². The number of hydrogen-bond donors (Lipinski definition) is 0. The third-order valence-corrected chi connectivity index (χ3v) is 9.76. The number of benzene rings is 4. The molecule has 0 saturated heterocycles. The first-order valence-corrected chi connectivity index (χ1v) is 16.7. The Labute approximate surface area is 305 Å². The van der Waals surface area contributed by atoms with E-state index in [-0.39, 0.29) is 51.0 Å². The molecule has 0 heterocycles. The van der Waals surface area contributed by atoms with Crippen LogP contribution in [-0.4, -0.2) is 0 Å². The molecule has 0 N–H and O–H groups in total. The van der Waals surface area contributed by atoms with Crippen LogP contribution in [-0.2, 0) is 39.0 Å². The summed E-state index contributed by atoms with van der Waals surface area (Å²) in [5.74, 6) is 0. The Balaban J connectivity index is 0.000000805. The summed E-state index contributed by atoms with van der Waals surface area (Å²) in [7, 11) is 0. The van der Waals surface area contributed by atoms with E-state index >= 15 is 0 Å². The first-order chi connectivity index (χ1) is 20.5. The van der Waals surface area contributed by atoms with Gasteiger partial charge in [0.05, 0.1) is 0 Å². The van der Waals surface area contributed by atoms with Crippen LogP contribution in [0.4, 0.5) is 0 Å². The SMILES string of the molecule is CCCCCCCCCCCCc1[c-]c2c3c(c4ccc(C)c(C)c4c2c(C)c1C)-c1ccccc1C3.[Cl-].[Cl-].[Zr+4].c1cc[cH-]c1. The number of fused-ring (bicyclic) bond motifs is 8. The molecule has 0 unspecified atom stereocenters. The molecule has 0 bridgehead atoms. The van der Waals surface area contributed by atoms with E-state index in [0.29, 0.717) is 0 Å². The number of unbranched alkanes of at least 4 members (excludes halogenated alkanes) is 9. The minimum absolute atomic E-state index is 0. The summed E-state index contributed by atoms with van der Waals surface area (Å²) in [6.07, 6.45) is 16.1. The molecule has 3 heteroatoms. The molecule has 6 rings (SSSR count). The minimum atomic E-state index is 0. The van der Waals surface area contributed by atoms with Gasteiger partial charge in [-0.15, -0.1) is 33.7 Å². The minimum Gasteiger partial charge on any atom is -1.00 e. The molecule has 0 fully saturated rings. The number of hydrogen-bond acceptors (Lipinski definition) is 0. The van der Waals surface area contributed by atoms with E-state index in [4.69, 9.17) is 0 Å². The average Bonchev–Trinajstić information content (AvgIpc) is 3.71. The third-order valence-electron chi connectivity index (χ3n) is 9.76. The Morgan fingerprint density at radius 1 is 0.667 bits per heavy atom. The van der Waals surface area contributed by atoms with Gasteiger partial charge in [0.15, 0.2) is 0 Å². The standard InChI is InChI=1S/C37H45.C5H5.2ClH.Zr/c1-6-7-8-9-10-11-12-13-14-15-18-29-23-33-34-24-30-19-16-17-20-31(30)37(34)32-22-21-25(2)26(3)35(32)36(33)28(5)27(29)4;1-2-4-5-3-1;;;/h16-17,19-22H,6-15,18,24H2,1-5H3;1-5H;2*1H;/q2*-1;;;+4/p-2. The molecule has 0 spiro atoms. The van der Waals surface area contributed by atoms with Crippen LogP contribution >= 0.6 is 0 Å². The van der Waals surface area contributed by atoms with Gasteiger partial charge >= 0.3 is 26.2 Å². The Bertz CT molecular complexity index is 1610. The van der Waals surface area contributed by atoms with E-state index in [1.54, 1.807) is 0 Å². The quantitative estimate of drug-likeness (QED) is 0.0820. The maximum Gasteiger partial charge on any atom is 4.00 e. The first-order valence-electron chi connectivity index (χ1n) is 16.7. The predicted octanol–water partition coefficient (Wildman–Crippen LogP) is 6.47. The van der Waals surface area contributed by atoms with E-state index in [9.17, 15) is 0 Å². The maximum absolute atomic E-state index is 4.04. The van der Waals surface area contributed by atoms with Gasteiger partial charge in [-0.05, 0) is 65.3 Å². The van der Waals surface area contributed by atoms with Crippen molar-refractivity contribution in [1.82, 2.24) is 0 Å². The van der Waals surface area contributed by atoms with E-state index < -0.39 is 0 Å². The fourth-order valence-corrected chi connectivity index (χ4v) is 7.03. The predicted molar refractivity (Wildman–Crippen MR) is 185 cm³/mol. The van der Waals surface area contributed by atoms with Crippen LogP contribution in [0.5, 0.6) is 0 Å². The van der Waals surface area contributed by atoms with Gasteiger partial charge in [0.25, 0.3) is 0 Å². The summed E-state index contributed by atoms with van der Waals surface area (Å²) in [4.78, 5) is 0. The van der Waals surface area contributed by atoms with Gasteiger partial charge in [-0.2, -0.15) is 18.2 Å². The summed E-state index contributed by atoms with van der Waals surface area (Å²) in [6, 6.07) is 27.8. The van der Waals surface area contributed by atoms with Crippen molar-refractivity contribution >= 4 is 21.5 Å². The molecule has 5 aromatic carbocycles. The summed E-state index contributed by atoms with van der Waals surface area (Å²) < 4.78 is 0. The van der Waals surface area contributed by atoms with Crippen LogP contribution in [0.2, 0.25) is 0 Å². The molecule has 45 heavy (non-hydrogen) atoms. The summed E-state index contributed by atoms with van der Waals surface area (Å²) in [5.41, 5.74) is 13.0. The number of aryl methyl sites for hydroxylation is 4. The van der Waals surface area contributed by atoms with Crippen LogP contribution in [0.15, 0.2) is 66.7 Å². The average molecular weight is 717 g/mol. The molecule has 236 valence electrons. The zero-order chi connectivity index (χ0) is 29.5. The van der Waals surface area contributed by atoms with Crippen molar-refractivity contribution in [3.8, 4) is 11.1 Å². The zero-order valence-electron chi connectivity index (χ0n) is 28.1. The molecule has 0 atom stereocenters. The van der Waals surface area contributed by atoms with Gasteiger partial charge in [-0.1, -0.05) is 127 Å². The molecule has 0 saturated carbocycles. The third kappa shape index (κ3) is 8.97. The van der Waals surface area contributed by atoms with Crippen molar-refractivity contribution in [3.05, 3.63) is 112 Å². The van der Waals surface area contributed by atoms with Gasteiger partial charge in [0, 0.05) is 0 Å². The van der Waals surface area contributed by atoms with Crippen molar-refractivity contribution in [3.63, 3.8) is 0 Å². The monoisotopic (exact) mass is 714 g/mol. The second-order valence-electron chi connectivity index (χ2n) is 12.6. The van der Waals surface area contributed by atoms with Gasteiger partial charge in [0.2, 0.25) is 0 Å². The van der Waals surface area contributed by atoms with Gasteiger partial charge in [-0.3, -0.25) is 0 Å². The Morgan fingerprint density at radius 3 is 1.91 bits per heavy atom. The molecular weight excluding hydrogens is 667 g/mol. The second kappa shape index (κ2) is 19.1. The molecule has 1 aliphatic carbocycles. The van der Waals surface area contributed by atoms with Crippen molar-refractivity contribution in [2.24, 2.45) is 0 Å². The molecule has 0 aliphatic heterocycles. The summed E-state index contributed by atoms with van der Waals surface area (Å²) in [5, 5.41) is 5.71. The Kier molecular flexibility index (Phi) is 16.8. The zero-order valence-corrected chi connectivity index (χ0v) is 32.1. The van der Waals surface area contributed by atoms with E-state index in [2.05, 4.69) is 77.1 Å². The molecule has 5 aromatic rings.